The van der Waals surface area contributed by atoms with Gasteiger partial charge in [0.1, 0.15) is 16.7 Å². The highest BCUT2D eigenvalue weighted by Gasteiger charge is 2.33. The lowest BCUT2D eigenvalue weighted by Gasteiger charge is -2.31. The number of fused-ring (bicyclic) bond motifs is 2. The van der Waals surface area contributed by atoms with Crippen LogP contribution in [0.25, 0.3) is 10.2 Å². The standard InChI is InChI=1S/C20H18ClN3O2S.ClH/c21-15-2-1-3-16-18(15)27-19(23-16)14-10-12-4-5-13(11-17(12)26-20(14)25)24-8-6-22-7-9-24;/h1-5,11,14,22H,6-10H2;1H. The van der Waals surface area contributed by atoms with Crippen molar-refractivity contribution in [2.75, 3.05) is 31.1 Å². The highest BCUT2D eigenvalue weighted by atomic mass is 35.5. The summed E-state index contributed by atoms with van der Waals surface area (Å²) in [6.45, 7) is 3.86. The summed E-state index contributed by atoms with van der Waals surface area (Å²) in [6, 6.07) is 11.8. The number of ether oxygens (including phenoxy) is 1. The Hall–Kier alpha value is -1.86. The van der Waals surface area contributed by atoms with Crippen molar-refractivity contribution in [2.45, 2.75) is 12.3 Å². The zero-order chi connectivity index (χ0) is 18.4. The van der Waals surface area contributed by atoms with Gasteiger partial charge in [0.05, 0.1) is 15.2 Å². The SMILES string of the molecule is Cl.O=C1Oc2cc(N3CCNCC3)ccc2CC1c1nc2cccc(Cl)c2s1. The first-order valence-corrected chi connectivity index (χ1v) is 10.2. The molecule has 28 heavy (non-hydrogen) atoms. The van der Waals surface area contributed by atoms with Crippen LogP contribution in [0, 0.1) is 0 Å². The molecule has 2 aliphatic rings. The van der Waals surface area contributed by atoms with E-state index in [1.165, 1.54) is 11.3 Å². The number of aromatic nitrogens is 1. The lowest BCUT2D eigenvalue weighted by molar-refractivity contribution is -0.137. The summed E-state index contributed by atoms with van der Waals surface area (Å²) in [5.41, 5.74) is 2.98. The number of nitrogens with zero attached hydrogens (tertiary/aromatic N) is 2. The molecule has 1 atom stereocenters. The minimum atomic E-state index is -0.379. The summed E-state index contributed by atoms with van der Waals surface area (Å²) in [7, 11) is 0. The molecule has 3 heterocycles. The fraction of sp³-hybridized carbons (Fsp3) is 0.300. The zero-order valence-electron chi connectivity index (χ0n) is 15.0. The van der Waals surface area contributed by atoms with E-state index in [9.17, 15) is 4.79 Å². The zero-order valence-corrected chi connectivity index (χ0v) is 17.4. The first-order valence-electron chi connectivity index (χ1n) is 9.04. The first-order chi connectivity index (χ1) is 13.2. The molecule has 1 unspecified atom stereocenters. The maximum atomic E-state index is 12.7. The van der Waals surface area contributed by atoms with Crippen molar-refractivity contribution in [1.82, 2.24) is 10.3 Å². The molecule has 1 aromatic heterocycles. The minimum absolute atomic E-state index is 0. The number of carbonyl (C=O) groups is 1. The number of benzene rings is 2. The van der Waals surface area contributed by atoms with Gasteiger partial charge in [-0.25, -0.2) is 4.98 Å². The Bertz CT molecular complexity index is 1030. The maximum Gasteiger partial charge on any atom is 0.321 e. The summed E-state index contributed by atoms with van der Waals surface area (Å²) >= 11 is 7.74. The van der Waals surface area contributed by atoms with E-state index in [0.717, 1.165) is 52.7 Å². The molecule has 0 spiro atoms. The van der Waals surface area contributed by atoms with E-state index in [4.69, 9.17) is 16.3 Å². The minimum Gasteiger partial charge on any atom is -0.426 e. The first kappa shape index (κ1) is 19.5. The second kappa shape index (κ2) is 7.87. The lowest BCUT2D eigenvalue weighted by atomic mass is 9.96. The molecule has 0 radical (unpaired) electrons. The largest absolute Gasteiger partial charge is 0.426 e. The number of anilines is 1. The van der Waals surface area contributed by atoms with Crippen LogP contribution in [-0.2, 0) is 11.2 Å². The average molecular weight is 436 g/mol. The van der Waals surface area contributed by atoms with Crippen molar-refractivity contribution >= 4 is 57.2 Å². The third-order valence-corrected chi connectivity index (χ3v) is 6.78. The number of hydrogen-bond donors (Lipinski definition) is 1. The molecular formula is C20H19Cl2N3O2S. The Balaban J connectivity index is 0.00000192. The highest BCUT2D eigenvalue weighted by Crippen LogP contribution is 2.39. The van der Waals surface area contributed by atoms with Gasteiger partial charge < -0.3 is 15.0 Å². The third-order valence-electron chi connectivity index (χ3n) is 5.13. The number of piperazine rings is 1. The Morgan fingerprint density at radius 1 is 1.21 bits per heavy atom. The van der Waals surface area contributed by atoms with Gasteiger partial charge in [-0.3, -0.25) is 4.79 Å². The summed E-state index contributed by atoms with van der Waals surface area (Å²) in [5, 5.41) is 4.78. The summed E-state index contributed by atoms with van der Waals surface area (Å²) in [5.74, 6) is 0.0533. The van der Waals surface area contributed by atoms with E-state index in [1.54, 1.807) is 0 Å². The number of halogens is 2. The van der Waals surface area contributed by atoms with Crippen LogP contribution in [-0.4, -0.2) is 37.1 Å². The lowest BCUT2D eigenvalue weighted by Crippen LogP contribution is -2.43. The van der Waals surface area contributed by atoms with Crippen molar-refractivity contribution in [3.8, 4) is 5.75 Å². The predicted octanol–water partition coefficient (Wildman–Crippen LogP) is 4.03. The highest BCUT2D eigenvalue weighted by molar-refractivity contribution is 7.19. The third kappa shape index (κ3) is 3.46. The molecule has 0 aliphatic carbocycles. The van der Waals surface area contributed by atoms with Crippen LogP contribution in [0.2, 0.25) is 5.02 Å². The molecule has 0 saturated carbocycles. The van der Waals surface area contributed by atoms with Gasteiger partial charge in [0.25, 0.3) is 0 Å². The molecule has 8 heteroatoms. The van der Waals surface area contributed by atoms with Gasteiger partial charge in [-0.1, -0.05) is 23.7 Å². The van der Waals surface area contributed by atoms with Crippen LogP contribution in [0.4, 0.5) is 5.69 Å². The molecule has 3 aromatic rings. The summed E-state index contributed by atoms with van der Waals surface area (Å²) < 4.78 is 6.63. The van der Waals surface area contributed by atoms with Crippen LogP contribution in [0.3, 0.4) is 0 Å². The number of rotatable bonds is 2. The summed E-state index contributed by atoms with van der Waals surface area (Å²) in [4.78, 5) is 19.6. The quantitative estimate of drug-likeness (QED) is 0.486. The fourth-order valence-electron chi connectivity index (χ4n) is 3.68. The van der Waals surface area contributed by atoms with Crippen molar-refractivity contribution in [2.24, 2.45) is 0 Å². The molecule has 5 rings (SSSR count). The summed E-state index contributed by atoms with van der Waals surface area (Å²) in [6.07, 6.45) is 0.605. The van der Waals surface area contributed by atoms with Gasteiger partial charge in [0.2, 0.25) is 0 Å². The van der Waals surface area contributed by atoms with Crippen LogP contribution in [0.5, 0.6) is 5.75 Å². The topological polar surface area (TPSA) is 54.5 Å². The fourth-order valence-corrected chi connectivity index (χ4v) is 5.02. The Morgan fingerprint density at radius 3 is 2.82 bits per heavy atom. The Kier molecular flexibility index (Phi) is 5.47. The average Bonchev–Trinajstić information content (AvgIpc) is 3.13. The second-order valence-corrected chi connectivity index (χ2v) is 8.28. The number of nitrogens with one attached hydrogen (secondary N) is 1. The normalized spacial score (nSPS) is 19.1. The van der Waals surface area contributed by atoms with Gasteiger partial charge in [0, 0.05) is 37.9 Å². The van der Waals surface area contributed by atoms with E-state index in [2.05, 4.69) is 27.3 Å². The second-order valence-electron chi connectivity index (χ2n) is 6.85. The van der Waals surface area contributed by atoms with Crippen molar-refractivity contribution in [3.63, 3.8) is 0 Å². The number of carbonyl (C=O) groups excluding carboxylic acids is 1. The van der Waals surface area contributed by atoms with E-state index in [1.807, 2.05) is 24.3 Å². The van der Waals surface area contributed by atoms with E-state index < -0.39 is 0 Å². The molecular weight excluding hydrogens is 417 g/mol. The molecule has 0 amide bonds. The smallest absolute Gasteiger partial charge is 0.321 e. The van der Waals surface area contributed by atoms with Crippen LogP contribution in [0.1, 0.15) is 16.5 Å². The number of thiazole rings is 1. The van der Waals surface area contributed by atoms with Gasteiger partial charge in [-0.2, -0.15) is 0 Å². The Morgan fingerprint density at radius 2 is 2.04 bits per heavy atom. The molecule has 2 aromatic carbocycles. The van der Waals surface area contributed by atoms with Crippen LogP contribution in [0.15, 0.2) is 36.4 Å². The molecule has 0 bridgehead atoms. The number of hydrogen-bond acceptors (Lipinski definition) is 6. The van der Waals surface area contributed by atoms with E-state index >= 15 is 0 Å². The molecule has 1 fully saturated rings. The molecule has 146 valence electrons. The van der Waals surface area contributed by atoms with Gasteiger partial charge in [-0.05, 0) is 30.2 Å². The monoisotopic (exact) mass is 435 g/mol. The maximum absolute atomic E-state index is 12.7. The molecule has 5 nitrogen and oxygen atoms in total. The number of esters is 1. The van der Waals surface area contributed by atoms with Crippen LogP contribution < -0.4 is 15.0 Å². The van der Waals surface area contributed by atoms with E-state index in [-0.39, 0.29) is 24.3 Å². The van der Waals surface area contributed by atoms with Gasteiger partial charge in [-0.15, -0.1) is 23.7 Å². The van der Waals surface area contributed by atoms with Crippen molar-refractivity contribution < 1.29 is 9.53 Å². The van der Waals surface area contributed by atoms with E-state index in [0.29, 0.717) is 17.2 Å². The van der Waals surface area contributed by atoms with Crippen molar-refractivity contribution in [1.29, 1.82) is 0 Å². The van der Waals surface area contributed by atoms with Gasteiger partial charge in [0.15, 0.2) is 0 Å². The molecule has 1 N–H and O–H groups in total. The molecule has 1 saturated heterocycles. The van der Waals surface area contributed by atoms with Crippen molar-refractivity contribution in [3.05, 3.63) is 52.0 Å². The van der Waals surface area contributed by atoms with Gasteiger partial charge >= 0.3 is 5.97 Å². The van der Waals surface area contributed by atoms with Crippen LogP contribution >= 0.6 is 35.3 Å². The predicted molar refractivity (Wildman–Crippen MR) is 115 cm³/mol. The molecule has 2 aliphatic heterocycles. The Labute approximate surface area is 178 Å².